The number of hydrogen-bond donors (Lipinski definition) is 2. The minimum absolute atomic E-state index is 0.309. The molecule has 0 saturated carbocycles. The highest BCUT2D eigenvalue weighted by atomic mass is 16.4. The normalized spacial score (nSPS) is 11.0. The molecule has 0 unspecified atom stereocenters. The molecule has 1 heterocycles. The van der Waals surface area contributed by atoms with E-state index in [0.29, 0.717) is 6.42 Å². The predicted molar refractivity (Wildman–Crippen MR) is 107 cm³/mol. The van der Waals surface area contributed by atoms with Gasteiger partial charge in [0.2, 0.25) is 0 Å². The van der Waals surface area contributed by atoms with Crippen LogP contribution >= 0.6 is 0 Å². The number of anilines is 1. The van der Waals surface area contributed by atoms with E-state index in [4.69, 9.17) is 5.11 Å². The third-order valence-electron chi connectivity index (χ3n) is 4.72. The quantitative estimate of drug-likeness (QED) is 0.482. The van der Waals surface area contributed by atoms with Crippen LogP contribution in [-0.2, 0) is 11.2 Å². The summed E-state index contributed by atoms with van der Waals surface area (Å²) in [5, 5.41) is 13.2. The first kappa shape index (κ1) is 20.1. The number of hydrogen-bond acceptors (Lipinski definition) is 4. The number of unbranched alkanes of at least 4 members (excludes halogenated alkanes) is 7. The Morgan fingerprint density at radius 3 is 2.38 bits per heavy atom. The summed E-state index contributed by atoms with van der Waals surface area (Å²) in [5.41, 5.74) is 2.29. The van der Waals surface area contributed by atoms with E-state index >= 15 is 0 Å². The number of aromatic nitrogens is 2. The highest BCUT2D eigenvalue weighted by molar-refractivity contribution is 5.89. The van der Waals surface area contributed by atoms with Gasteiger partial charge < -0.3 is 10.4 Å². The molecule has 0 saturated heterocycles. The second kappa shape index (κ2) is 11.4. The number of rotatable bonds is 13. The number of fused-ring (bicyclic) bond motifs is 1. The molecule has 5 heteroatoms. The molecule has 2 N–H and O–H groups in total. The van der Waals surface area contributed by atoms with Crippen LogP contribution in [0.4, 0.5) is 5.82 Å². The van der Waals surface area contributed by atoms with Gasteiger partial charge in [0.25, 0.3) is 0 Å². The van der Waals surface area contributed by atoms with Crippen LogP contribution in [0, 0.1) is 0 Å². The van der Waals surface area contributed by atoms with Crippen LogP contribution in [-0.4, -0.2) is 27.6 Å². The van der Waals surface area contributed by atoms with Crippen molar-refractivity contribution in [3.63, 3.8) is 0 Å². The van der Waals surface area contributed by atoms with Gasteiger partial charge in [0, 0.05) is 18.4 Å². The van der Waals surface area contributed by atoms with Crippen LogP contribution in [0.1, 0.15) is 70.3 Å². The van der Waals surface area contributed by atoms with Crippen LogP contribution in [0.5, 0.6) is 0 Å². The second-order valence-electron chi connectivity index (χ2n) is 6.83. The van der Waals surface area contributed by atoms with Crippen LogP contribution < -0.4 is 5.32 Å². The Kier molecular flexibility index (Phi) is 8.87. The van der Waals surface area contributed by atoms with Gasteiger partial charge in [-0.1, -0.05) is 51.5 Å². The maximum atomic E-state index is 10.4. The number of nitrogens with one attached hydrogen (secondary N) is 1. The molecule has 0 aliphatic heterocycles. The zero-order chi connectivity index (χ0) is 18.6. The minimum atomic E-state index is -0.681. The van der Waals surface area contributed by atoms with Crippen molar-refractivity contribution in [2.75, 3.05) is 11.9 Å². The second-order valence-corrected chi connectivity index (χ2v) is 6.83. The van der Waals surface area contributed by atoms with Crippen LogP contribution in [0.25, 0.3) is 10.9 Å². The van der Waals surface area contributed by atoms with Gasteiger partial charge in [0.05, 0.1) is 5.52 Å². The Bertz CT molecular complexity index is 688. The molecule has 0 aliphatic rings. The topological polar surface area (TPSA) is 75.1 Å². The smallest absolute Gasteiger partial charge is 0.303 e. The van der Waals surface area contributed by atoms with Crippen molar-refractivity contribution in [1.29, 1.82) is 0 Å². The van der Waals surface area contributed by atoms with Gasteiger partial charge in [-0.3, -0.25) is 4.79 Å². The third kappa shape index (κ3) is 6.98. The summed E-state index contributed by atoms with van der Waals surface area (Å²) in [6.45, 7) is 3.09. The standard InChI is InChI=1S/C21H31N3O2/c1-2-17-12-13-19-18(15-17)21(24-16-23-19)22-14-10-8-6-4-3-5-7-9-11-20(25)26/h12-13,15-16H,2-11,14H2,1H3,(H,25,26)(H,22,23,24). The first-order valence-corrected chi connectivity index (χ1v) is 9.90. The number of aliphatic carboxylic acids is 1. The van der Waals surface area contributed by atoms with E-state index in [2.05, 4.69) is 40.4 Å². The number of aryl methyl sites for hydroxylation is 1. The molecule has 0 atom stereocenters. The van der Waals surface area contributed by atoms with Gasteiger partial charge in [-0.15, -0.1) is 0 Å². The van der Waals surface area contributed by atoms with Gasteiger partial charge in [0.15, 0.2) is 0 Å². The Morgan fingerprint density at radius 2 is 1.69 bits per heavy atom. The summed E-state index contributed by atoms with van der Waals surface area (Å²) in [6, 6.07) is 6.38. The molecule has 26 heavy (non-hydrogen) atoms. The lowest BCUT2D eigenvalue weighted by Crippen LogP contribution is -2.04. The molecule has 0 amide bonds. The fourth-order valence-electron chi connectivity index (χ4n) is 3.13. The summed E-state index contributed by atoms with van der Waals surface area (Å²) in [5.74, 6) is 0.253. The highest BCUT2D eigenvalue weighted by Gasteiger charge is 2.04. The van der Waals surface area contributed by atoms with Crippen LogP contribution in [0.3, 0.4) is 0 Å². The van der Waals surface area contributed by atoms with Gasteiger partial charge in [-0.2, -0.15) is 0 Å². The van der Waals surface area contributed by atoms with Crippen molar-refractivity contribution in [3.8, 4) is 0 Å². The third-order valence-corrected chi connectivity index (χ3v) is 4.72. The molecule has 0 radical (unpaired) electrons. The van der Waals surface area contributed by atoms with E-state index in [1.165, 1.54) is 31.2 Å². The van der Waals surface area contributed by atoms with E-state index in [1.807, 2.05) is 0 Å². The average molecular weight is 357 g/mol. The lowest BCUT2D eigenvalue weighted by Gasteiger charge is -2.09. The first-order chi connectivity index (χ1) is 12.7. The SMILES string of the molecule is CCc1ccc2ncnc(NCCCCCCCCCCC(=O)O)c2c1. The predicted octanol–water partition coefficient (Wildman–Crippen LogP) is 5.20. The molecule has 2 aromatic rings. The summed E-state index contributed by atoms with van der Waals surface area (Å²) in [7, 11) is 0. The van der Waals surface area contributed by atoms with Crippen molar-refractivity contribution < 1.29 is 9.90 Å². The molecule has 142 valence electrons. The van der Waals surface area contributed by atoms with Gasteiger partial charge >= 0.3 is 5.97 Å². The van der Waals surface area contributed by atoms with Gasteiger partial charge in [-0.25, -0.2) is 9.97 Å². The van der Waals surface area contributed by atoms with E-state index in [0.717, 1.165) is 55.4 Å². The van der Waals surface area contributed by atoms with Crippen molar-refractivity contribution in [2.45, 2.75) is 71.1 Å². The van der Waals surface area contributed by atoms with Crippen molar-refractivity contribution in [3.05, 3.63) is 30.1 Å². The Hall–Kier alpha value is -2.17. The van der Waals surface area contributed by atoms with Gasteiger partial charge in [0.1, 0.15) is 12.1 Å². The zero-order valence-electron chi connectivity index (χ0n) is 15.8. The van der Waals surface area contributed by atoms with E-state index in [1.54, 1.807) is 6.33 Å². The molecule has 0 aliphatic carbocycles. The lowest BCUT2D eigenvalue weighted by atomic mass is 10.1. The summed E-state index contributed by atoms with van der Waals surface area (Å²) in [4.78, 5) is 19.2. The molecule has 0 fully saturated rings. The van der Waals surface area contributed by atoms with E-state index < -0.39 is 5.97 Å². The highest BCUT2D eigenvalue weighted by Crippen LogP contribution is 2.21. The summed E-state index contributed by atoms with van der Waals surface area (Å²) in [6.07, 6.45) is 12.0. The molecule has 0 spiro atoms. The molecule has 0 bridgehead atoms. The molecule has 1 aromatic heterocycles. The Balaban J connectivity index is 1.60. The van der Waals surface area contributed by atoms with Crippen LogP contribution in [0.2, 0.25) is 0 Å². The summed E-state index contributed by atoms with van der Waals surface area (Å²) >= 11 is 0. The lowest BCUT2D eigenvalue weighted by molar-refractivity contribution is -0.137. The molecular formula is C21H31N3O2. The monoisotopic (exact) mass is 357 g/mol. The molecular weight excluding hydrogens is 326 g/mol. The number of carbonyl (C=O) groups is 1. The number of carboxylic acid groups (broad SMARTS) is 1. The number of carboxylic acids is 1. The summed E-state index contributed by atoms with van der Waals surface area (Å²) < 4.78 is 0. The van der Waals surface area contributed by atoms with Crippen molar-refractivity contribution in [1.82, 2.24) is 9.97 Å². The Morgan fingerprint density at radius 1 is 1.00 bits per heavy atom. The molecule has 1 aromatic carbocycles. The molecule has 2 rings (SSSR count). The average Bonchev–Trinajstić information content (AvgIpc) is 2.65. The maximum absolute atomic E-state index is 10.4. The van der Waals surface area contributed by atoms with Crippen molar-refractivity contribution in [2.24, 2.45) is 0 Å². The van der Waals surface area contributed by atoms with E-state index in [9.17, 15) is 4.79 Å². The van der Waals surface area contributed by atoms with Crippen molar-refractivity contribution >= 4 is 22.7 Å². The Labute approximate surface area is 156 Å². The maximum Gasteiger partial charge on any atom is 0.303 e. The fourth-order valence-corrected chi connectivity index (χ4v) is 3.13. The van der Waals surface area contributed by atoms with Crippen LogP contribution in [0.15, 0.2) is 24.5 Å². The first-order valence-electron chi connectivity index (χ1n) is 9.90. The molecule has 5 nitrogen and oxygen atoms in total. The van der Waals surface area contributed by atoms with E-state index in [-0.39, 0.29) is 0 Å². The minimum Gasteiger partial charge on any atom is -0.481 e. The number of nitrogens with zero attached hydrogens (tertiary/aromatic N) is 2. The zero-order valence-corrected chi connectivity index (χ0v) is 15.8. The largest absolute Gasteiger partial charge is 0.481 e. The number of benzene rings is 1. The van der Waals surface area contributed by atoms with Gasteiger partial charge in [-0.05, 0) is 37.0 Å². The fraction of sp³-hybridized carbons (Fsp3) is 0.571.